The van der Waals surface area contributed by atoms with Crippen molar-refractivity contribution >= 4 is 5.84 Å². The molecular weight excluding hydrogens is 152 g/mol. The van der Waals surface area contributed by atoms with Crippen LogP contribution in [-0.4, -0.2) is 18.1 Å². The van der Waals surface area contributed by atoms with Gasteiger partial charge in [0.05, 0.1) is 0 Å². The second kappa shape index (κ2) is 4.45. The zero-order chi connectivity index (χ0) is 9.78. The quantitative estimate of drug-likeness (QED) is 0.380. The summed E-state index contributed by atoms with van der Waals surface area (Å²) in [5.41, 5.74) is 2.39. The maximum atomic E-state index is 8.71. The molecule has 0 rings (SSSR count). The molecule has 0 aromatic carbocycles. The minimum absolute atomic E-state index is 0.270. The maximum absolute atomic E-state index is 8.71. The van der Waals surface area contributed by atoms with Crippen LogP contribution in [0, 0.1) is 11.3 Å². The van der Waals surface area contributed by atoms with Crippen LogP contribution < -0.4 is 5.48 Å². The Hall–Kier alpha value is -0.570. The maximum Gasteiger partial charge on any atom is 0.123 e. The molecule has 3 heteroatoms. The molecule has 1 unspecified atom stereocenters. The molecule has 1 atom stereocenters. The SMILES string of the molecule is CN=C(NO)C(C)CC(C)(C)C. The van der Waals surface area contributed by atoms with E-state index in [2.05, 4.69) is 38.2 Å². The summed E-state index contributed by atoms with van der Waals surface area (Å²) >= 11 is 0. The summed E-state index contributed by atoms with van der Waals surface area (Å²) in [5.74, 6) is 0.935. The second-order valence-electron chi connectivity index (χ2n) is 4.39. The van der Waals surface area contributed by atoms with Gasteiger partial charge in [-0.2, -0.15) is 0 Å². The lowest BCUT2D eigenvalue weighted by molar-refractivity contribution is 0.222. The summed E-state index contributed by atoms with van der Waals surface area (Å²) in [6, 6.07) is 0. The number of hydroxylamine groups is 1. The Kier molecular flexibility index (Phi) is 4.24. The molecule has 0 aromatic rings. The van der Waals surface area contributed by atoms with E-state index in [0.29, 0.717) is 5.84 Å². The number of amidine groups is 1. The van der Waals surface area contributed by atoms with E-state index in [9.17, 15) is 0 Å². The lowest BCUT2D eigenvalue weighted by atomic mass is 9.85. The Labute approximate surface area is 74.9 Å². The molecule has 72 valence electrons. The second-order valence-corrected chi connectivity index (χ2v) is 4.39. The number of hydrogen-bond acceptors (Lipinski definition) is 2. The van der Waals surface area contributed by atoms with Crippen LogP contribution in [0.1, 0.15) is 34.1 Å². The third kappa shape index (κ3) is 4.34. The molecule has 0 radical (unpaired) electrons. The number of hydrogen-bond donors (Lipinski definition) is 2. The first-order valence-corrected chi connectivity index (χ1v) is 4.27. The average molecular weight is 172 g/mol. The molecule has 12 heavy (non-hydrogen) atoms. The minimum Gasteiger partial charge on any atom is -0.290 e. The highest BCUT2D eigenvalue weighted by Crippen LogP contribution is 2.24. The van der Waals surface area contributed by atoms with Crippen molar-refractivity contribution in [1.82, 2.24) is 5.48 Å². The fourth-order valence-corrected chi connectivity index (χ4v) is 1.40. The molecule has 0 aliphatic rings. The highest BCUT2D eigenvalue weighted by molar-refractivity contribution is 5.83. The van der Waals surface area contributed by atoms with Crippen molar-refractivity contribution < 1.29 is 5.21 Å². The van der Waals surface area contributed by atoms with Crippen molar-refractivity contribution in [3.05, 3.63) is 0 Å². The molecule has 3 nitrogen and oxygen atoms in total. The highest BCUT2D eigenvalue weighted by Gasteiger charge is 2.18. The van der Waals surface area contributed by atoms with Crippen LogP contribution in [0.5, 0.6) is 0 Å². The third-order valence-electron chi connectivity index (χ3n) is 1.74. The van der Waals surface area contributed by atoms with Crippen LogP contribution in [0.15, 0.2) is 4.99 Å². The Bertz CT molecular complexity index is 158. The predicted molar refractivity (Wildman–Crippen MR) is 51.5 cm³/mol. The molecule has 0 bridgehead atoms. The van der Waals surface area contributed by atoms with Gasteiger partial charge in [0, 0.05) is 13.0 Å². The normalized spacial score (nSPS) is 16.0. The first-order chi connectivity index (χ1) is 5.40. The van der Waals surface area contributed by atoms with E-state index in [1.807, 2.05) is 0 Å². The summed E-state index contributed by atoms with van der Waals surface area (Å²) in [6.07, 6.45) is 1.01. The molecule has 0 saturated heterocycles. The number of nitrogens with one attached hydrogen (secondary N) is 1. The Balaban J connectivity index is 4.12. The molecule has 2 N–H and O–H groups in total. The molecular formula is C9H20N2O. The van der Waals surface area contributed by atoms with Crippen LogP contribution in [-0.2, 0) is 0 Å². The number of aliphatic imine (C=N–C) groups is 1. The van der Waals surface area contributed by atoms with Gasteiger partial charge in [-0.05, 0) is 11.8 Å². The summed E-state index contributed by atoms with van der Waals surface area (Å²) in [7, 11) is 1.68. The van der Waals surface area contributed by atoms with Gasteiger partial charge in [0.1, 0.15) is 5.84 Å². The van der Waals surface area contributed by atoms with E-state index in [1.165, 1.54) is 0 Å². The first-order valence-electron chi connectivity index (χ1n) is 4.27. The highest BCUT2D eigenvalue weighted by atomic mass is 16.5. The minimum atomic E-state index is 0.270. The average Bonchev–Trinajstić information content (AvgIpc) is 1.85. The summed E-state index contributed by atoms with van der Waals surface area (Å²) in [4.78, 5) is 3.95. The summed E-state index contributed by atoms with van der Waals surface area (Å²) < 4.78 is 0. The van der Waals surface area contributed by atoms with Gasteiger partial charge in [-0.25, -0.2) is 0 Å². The van der Waals surface area contributed by atoms with Gasteiger partial charge >= 0.3 is 0 Å². The van der Waals surface area contributed by atoms with Crippen molar-refractivity contribution in [3.63, 3.8) is 0 Å². The van der Waals surface area contributed by atoms with Gasteiger partial charge in [-0.3, -0.25) is 15.7 Å². The lowest BCUT2D eigenvalue weighted by Gasteiger charge is -2.23. The van der Waals surface area contributed by atoms with E-state index in [1.54, 1.807) is 7.05 Å². The van der Waals surface area contributed by atoms with Gasteiger partial charge in [0.25, 0.3) is 0 Å². The van der Waals surface area contributed by atoms with Crippen LogP contribution in [0.2, 0.25) is 0 Å². The van der Waals surface area contributed by atoms with Crippen LogP contribution in [0.3, 0.4) is 0 Å². The molecule has 0 heterocycles. The van der Waals surface area contributed by atoms with Gasteiger partial charge in [-0.1, -0.05) is 27.7 Å². The molecule has 0 saturated carbocycles. The Morgan fingerprint density at radius 1 is 1.50 bits per heavy atom. The third-order valence-corrected chi connectivity index (χ3v) is 1.74. The number of nitrogens with zero attached hydrogens (tertiary/aromatic N) is 1. The zero-order valence-electron chi connectivity index (χ0n) is 8.68. The zero-order valence-corrected chi connectivity index (χ0v) is 8.68. The van der Waals surface area contributed by atoms with Gasteiger partial charge in [-0.15, -0.1) is 0 Å². The fourth-order valence-electron chi connectivity index (χ4n) is 1.40. The van der Waals surface area contributed by atoms with Crippen molar-refractivity contribution in [2.24, 2.45) is 16.3 Å². The fraction of sp³-hybridized carbons (Fsp3) is 0.889. The molecule has 0 fully saturated rings. The Morgan fingerprint density at radius 2 is 2.00 bits per heavy atom. The largest absolute Gasteiger partial charge is 0.290 e. The lowest BCUT2D eigenvalue weighted by Crippen LogP contribution is -2.29. The smallest absolute Gasteiger partial charge is 0.123 e. The molecule has 0 aliphatic carbocycles. The monoisotopic (exact) mass is 172 g/mol. The van der Waals surface area contributed by atoms with E-state index < -0.39 is 0 Å². The molecule has 0 spiro atoms. The summed E-state index contributed by atoms with van der Waals surface area (Å²) in [5, 5.41) is 8.71. The van der Waals surface area contributed by atoms with Crippen molar-refractivity contribution in [1.29, 1.82) is 0 Å². The summed E-state index contributed by atoms with van der Waals surface area (Å²) in [6.45, 7) is 8.58. The van der Waals surface area contributed by atoms with E-state index in [4.69, 9.17) is 5.21 Å². The molecule has 0 amide bonds. The van der Waals surface area contributed by atoms with Crippen LogP contribution in [0.4, 0.5) is 0 Å². The molecule has 0 aliphatic heterocycles. The van der Waals surface area contributed by atoms with Gasteiger partial charge < -0.3 is 0 Å². The predicted octanol–water partition coefficient (Wildman–Crippen LogP) is 2.07. The molecule has 0 aromatic heterocycles. The number of rotatable bonds is 2. The van der Waals surface area contributed by atoms with E-state index in [-0.39, 0.29) is 11.3 Å². The topological polar surface area (TPSA) is 44.6 Å². The van der Waals surface area contributed by atoms with Gasteiger partial charge in [0.2, 0.25) is 0 Å². The van der Waals surface area contributed by atoms with Crippen molar-refractivity contribution in [3.8, 4) is 0 Å². The van der Waals surface area contributed by atoms with Crippen LogP contribution >= 0.6 is 0 Å². The Morgan fingerprint density at radius 3 is 2.25 bits per heavy atom. The first kappa shape index (κ1) is 11.4. The standard InChI is InChI=1S/C9H20N2O/c1-7(6-9(2,3)4)8(10-5)11-12/h7,12H,6H2,1-5H3,(H,10,11). The van der Waals surface area contributed by atoms with E-state index >= 15 is 0 Å². The van der Waals surface area contributed by atoms with Gasteiger partial charge in [0.15, 0.2) is 0 Å². The van der Waals surface area contributed by atoms with E-state index in [0.717, 1.165) is 6.42 Å². The van der Waals surface area contributed by atoms with Crippen molar-refractivity contribution in [2.45, 2.75) is 34.1 Å². The van der Waals surface area contributed by atoms with Crippen LogP contribution in [0.25, 0.3) is 0 Å². The van der Waals surface area contributed by atoms with Crippen molar-refractivity contribution in [2.75, 3.05) is 7.05 Å².